The van der Waals surface area contributed by atoms with Gasteiger partial charge in [0.25, 0.3) is 0 Å². The van der Waals surface area contributed by atoms with Gasteiger partial charge in [-0.15, -0.1) is 0 Å². The van der Waals surface area contributed by atoms with E-state index in [1.54, 1.807) is 13.8 Å². The molecule has 1 heterocycles. The van der Waals surface area contributed by atoms with Crippen LogP contribution in [0.3, 0.4) is 0 Å². The van der Waals surface area contributed by atoms with Crippen LogP contribution in [0.25, 0.3) is 0 Å². The van der Waals surface area contributed by atoms with E-state index in [2.05, 4.69) is 9.97 Å². The van der Waals surface area contributed by atoms with Crippen LogP contribution < -0.4 is 5.73 Å². The summed E-state index contributed by atoms with van der Waals surface area (Å²) in [5, 5.41) is 0. The van der Waals surface area contributed by atoms with Gasteiger partial charge in [0.05, 0.1) is 19.0 Å². The first kappa shape index (κ1) is 14.8. The van der Waals surface area contributed by atoms with Crippen LogP contribution in [0.15, 0.2) is 17.3 Å². The van der Waals surface area contributed by atoms with E-state index in [9.17, 15) is 8.42 Å². The molecule has 1 unspecified atom stereocenters. The first-order chi connectivity index (χ1) is 8.43. The number of aromatic nitrogens is 2. The fourth-order valence-electron chi connectivity index (χ4n) is 1.64. The zero-order chi connectivity index (χ0) is 13.8. The van der Waals surface area contributed by atoms with Crippen LogP contribution >= 0.6 is 0 Å². The van der Waals surface area contributed by atoms with Gasteiger partial charge in [-0.2, -0.15) is 4.31 Å². The lowest BCUT2D eigenvalue weighted by Gasteiger charge is -2.26. The minimum absolute atomic E-state index is 0.0292. The number of nitrogens with two attached hydrogens (primary N) is 1. The van der Waals surface area contributed by atoms with Crippen LogP contribution in [0.4, 0.5) is 5.95 Å². The Morgan fingerprint density at radius 1 is 1.44 bits per heavy atom. The van der Waals surface area contributed by atoms with Crippen molar-refractivity contribution in [3.63, 3.8) is 0 Å². The van der Waals surface area contributed by atoms with Crippen LogP contribution in [0.5, 0.6) is 0 Å². The lowest BCUT2D eigenvalue weighted by molar-refractivity contribution is 0.142. The van der Waals surface area contributed by atoms with Crippen LogP contribution in [0.2, 0.25) is 0 Å². The highest BCUT2D eigenvalue weighted by Crippen LogP contribution is 2.16. The Bertz CT molecular complexity index is 474. The van der Waals surface area contributed by atoms with E-state index in [1.807, 2.05) is 0 Å². The summed E-state index contributed by atoms with van der Waals surface area (Å²) in [4.78, 5) is 7.42. The highest BCUT2D eigenvalue weighted by atomic mass is 32.2. The zero-order valence-corrected chi connectivity index (χ0v) is 11.5. The molecule has 102 valence electrons. The first-order valence-corrected chi connectivity index (χ1v) is 6.95. The van der Waals surface area contributed by atoms with Gasteiger partial charge in [-0.3, -0.25) is 0 Å². The second-order valence-corrected chi connectivity index (χ2v) is 5.68. The molecule has 0 radical (unpaired) electrons. The maximum Gasteiger partial charge on any atom is 0.246 e. The molecule has 0 aliphatic carbocycles. The summed E-state index contributed by atoms with van der Waals surface area (Å²) < 4.78 is 31.0. The Morgan fingerprint density at radius 2 is 2.00 bits per heavy atom. The second kappa shape index (κ2) is 6.07. The Hall–Kier alpha value is -1.25. The minimum atomic E-state index is -3.62. The number of likely N-dealkylation sites (N-methyl/N-ethyl adjacent to an activating group) is 1. The average Bonchev–Trinajstić information content (AvgIpc) is 2.30. The van der Waals surface area contributed by atoms with Crippen LogP contribution in [0, 0.1) is 0 Å². The largest absolute Gasteiger partial charge is 0.383 e. The third kappa shape index (κ3) is 3.15. The van der Waals surface area contributed by atoms with E-state index < -0.39 is 10.0 Å². The molecule has 0 fully saturated rings. The summed E-state index contributed by atoms with van der Waals surface area (Å²) in [6.45, 7) is 4.21. The second-order valence-electron chi connectivity index (χ2n) is 3.79. The third-order valence-electron chi connectivity index (χ3n) is 2.47. The number of rotatable bonds is 6. The molecule has 0 spiro atoms. The predicted molar refractivity (Wildman–Crippen MR) is 67.3 cm³/mol. The molecule has 0 saturated carbocycles. The number of nitrogens with zero attached hydrogens (tertiary/aromatic N) is 3. The normalized spacial score (nSPS) is 13.8. The van der Waals surface area contributed by atoms with Crippen molar-refractivity contribution in [1.82, 2.24) is 14.3 Å². The predicted octanol–water partition coefficient (Wildman–Crippen LogP) is 0.104. The molecule has 8 heteroatoms. The number of hydrogen-bond donors (Lipinski definition) is 1. The smallest absolute Gasteiger partial charge is 0.246 e. The summed E-state index contributed by atoms with van der Waals surface area (Å²) in [5.41, 5.74) is 5.34. The molecule has 0 saturated heterocycles. The Kier molecular flexibility index (Phi) is 5.00. The Labute approximate surface area is 107 Å². The van der Waals surface area contributed by atoms with Crippen LogP contribution in [-0.4, -0.2) is 49.0 Å². The monoisotopic (exact) mass is 274 g/mol. The summed E-state index contributed by atoms with van der Waals surface area (Å²) in [5.74, 6) is 0.0435. The van der Waals surface area contributed by atoms with Gasteiger partial charge in [0.1, 0.15) is 4.90 Å². The van der Waals surface area contributed by atoms with E-state index in [0.717, 1.165) is 0 Å². The van der Waals surface area contributed by atoms with Gasteiger partial charge in [0, 0.05) is 19.7 Å². The molecule has 2 N–H and O–H groups in total. The topological polar surface area (TPSA) is 98.4 Å². The van der Waals surface area contributed by atoms with Gasteiger partial charge >= 0.3 is 0 Å². The van der Waals surface area contributed by atoms with Crippen molar-refractivity contribution in [2.75, 3.05) is 26.0 Å². The maximum atomic E-state index is 12.3. The van der Waals surface area contributed by atoms with E-state index in [1.165, 1.54) is 23.8 Å². The van der Waals surface area contributed by atoms with E-state index in [4.69, 9.17) is 10.5 Å². The average molecular weight is 274 g/mol. The van der Waals surface area contributed by atoms with E-state index in [-0.39, 0.29) is 16.9 Å². The highest BCUT2D eigenvalue weighted by Gasteiger charge is 2.28. The van der Waals surface area contributed by atoms with Crippen molar-refractivity contribution in [2.24, 2.45) is 0 Å². The van der Waals surface area contributed by atoms with Crippen molar-refractivity contribution < 1.29 is 13.2 Å². The molecule has 1 aromatic rings. The number of sulfonamides is 1. The molecule has 1 aromatic heterocycles. The van der Waals surface area contributed by atoms with Gasteiger partial charge in [0.2, 0.25) is 16.0 Å². The molecule has 0 aliphatic heterocycles. The number of methoxy groups -OCH3 is 1. The number of anilines is 1. The maximum absolute atomic E-state index is 12.3. The van der Waals surface area contributed by atoms with Crippen molar-refractivity contribution in [3.8, 4) is 0 Å². The fraction of sp³-hybridized carbons (Fsp3) is 0.600. The van der Waals surface area contributed by atoms with E-state index >= 15 is 0 Å². The van der Waals surface area contributed by atoms with Gasteiger partial charge < -0.3 is 10.5 Å². The fourth-order valence-corrected chi connectivity index (χ4v) is 3.15. The van der Waals surface area contributed by atoms with Gasteiger partial charge in [-0.25, -0.2) is 18.4 Å². The van der Waals surface area contributed by atoms with Gasteiger partial charge in [-0.1, -0.05) is 6.92 Å². The third-order valence-corrected chi connectivity index (χ3v) is 4.51. The molecule has 0 bridgehead atoms. The molecule has 1 atom stereocenters. The van der Waals surface area contributed by atoms with Gasteiger partial charge in [-0.05, 0) is 6.92 Å². The zero-order valence-electron chi connectivity index (χ0n) is 10.7. The van der Waals surface area contributed by atoms with Crippen LogP contribution in [-0.2, 0) is 14.8 Å². The first-order valence-electron chi connectivity index (χ1n) is 5.51. The quantitative estimate of drug-likeness (QED) is 0.790. The molecule has 0 aromatic carbocycles. The molecule has 7 nitrogen and oxygen atoms in total. The number of ether oxygens (including phenoxy) is 1. The molecule has 18 heavy (non-hydrogen) atoms. The summed E-state index contributed by atoms with van der Waals surface area (Å²) in [6, 6.07) is -0.262. The van der Waals surface area contributed by atoms with Crippen molar-refractivity contribution in [2.45, 2.75) is 24.8 Å². The summed E-state index contributed by atoms with van der Waals surface area (Å²) >= 11 is 0. The SMILES string of the molecule is CCN(C(C)COC)S(=O)(=O)c1cnc(N)nc1. The Morgan fingerprint density at radius 3 is 2.44 bits per heavy atom. The van der Waals surface area contributed by atoms with Crippen molar-refractivity contribution in [3.05, 3.63) is 12.4 Å². The number of hydrogen-bond acceptors (Lipinski definition) is 6. The summed E-state index contributed by atoms with van der Waals surface area (Å²) in [7, 11) is -2.09. The lowest BCUT2D eigenvalue weighted by Crippen LogP contribution is -2.40. The minimum Gasteiger partial charge on any atom is -0.383 e. The van der Waals surface area contributed by atoms with Gasteiger partial charge in [0.15, 0.2) is 0 Å². The molecular formula is C10H18N4O3S. The van der Waals surface area contributed by atoms with E-state index in [0.29, 0.717) is 13.2 Å². The molecular weight excluding hydrogens is 256 g/mol. The lowest BCUT2D eigenvalue weighted by atomic mass is 10.4. The highest BCUT2D eigenvalue weighted by molar-refractivity contribution is 7.89. The summed E-state index contributed by atoms with van der Waals surface area (Å²) in [6.07, 6.45) is 2.42. The molecule has 0 amide bonds. The van der Waals surface area contributed by atoms with Crippen molar-refractivity contribution >= 4 is 16.0 Å². The van der Waals surface area contributed by atoms with Crippen molar-refractivity contribution in [1.29, 1.82) is 0 Å². The standard InChI is InChI=1S/C10H18N4O3S/c1-4-14(8(2)7-17-3)18(15,16)9-5-12-10(11)13-6-9/h5-6,8H,4,7H2,1-3H3,(H2,11,12,13). The molecule has 0 aliphatic rings. The molecule has 1 rings (SSSR count). The van der Waals surface area contributed by atoms with Crippen LogP contribution in [0.1, 0.15) is 13.8 Å². The Balaban J connectivity index is 3.06. The number of nitrogen functional groups attached to an aromatic ring is 1.